The van der Waals surface area contributed by atoms with E-state index in [1.54, 1.807) is 0 Å². The van der Waals surface area contributed by atoms with Crippen molar-refractivity contribution in [2.45, 2.75) is 58.5 Å². The van der Waals surface area contributed by atoms with Crippen molar-refractivity contribution >= 4 is 0 Å². The summed E-state index contributed by atoms with van der Waals surface area (Å²) in [6, 6.07) is 10.7. The maximum Gasteiger partial charge on any atom is 0.117 e. The molecule has 0 saturated heterocycles. The highest BCUT2D eigenvalue weighted by molar-refractivity contribution is 5.60. The lowest BCUT2D eigenvalue weighted by atomic mass is 10.1. The molecule has 4 nitrogen and oxygen atoms in total. The highest BCUT2D eigenvalue weighted by Gasteiger charge is 2.10. The van der Waals surface area contributed by atoms with E-state index < -0.39 is 0 Å². The van der Waals surface area contributed by atoms with E-state index in [2.05, 4.69) is 46.7 Å². The van der Waals surface area contributed by atoms with Crippen molar-refractivity contribution in [1.82, 2.24) is 20.7 Å². The van der Waals surface area contributed by atoms with Crippen molar-refractivity contribution in [2.75, 3.05) is 0 Å². The fourth-order valence-electron chi connectivity index (χ4n) is 2.45. The Balaban J connectivity index is 1.83. The Morgan fingerprint density at radius 1 is 1.10 bits per heavy atom. The number of nitrogens with one attached hydrogen (secondary N) is 2. The predicted octanol–water partition coefficient (Wildman–Crippen LogP) is 3.92. The van der Waals surface area contributed by atoms with E-state index in [4.69, 9.17) is 0 Å². The van der Waals surface area contributed by atoms with Gasteiger partial charge in [-0.25, -0.2) is 0 Å². The largest absolute Gasteiger partial charge is 0.309 e. The third-order valence-electron chi connectivity index (χ3n) is 3.78. The minimum atomic E-state index is 0.516. The molecule has 0 amide bonds. The van der Waals surface area contributed by atoms with Gasteiger partial charge >= 0.3 is 0 Å². The van der Waals surface area contributed by atoms with E-state index in [9.17, 15) is 0 Å². The zero-order chi connectivity index (χ0) is 14.9. The molecule has 0 aliphatic rings. The summed E-state index contributed by atoms with van der Waals surface area (Å²) < 4.78 is 0. The van der Waals surface area contributed by atoms with Crippen LogP contribution in [0.5, 0.6) is 0 Å². The molecule has 1 unspecified atom stereocenters. The smallest absolute Gasteiger partial charge is 0.117 e. The Labute approximate surface area is 127 Å². The molecule has 0 fully saturated rings. The van der Waals surface area contributed by atoms with E-state index in [-0.39, 0.29) is 0 Å². The molecule has 0 radical (unpaired) electrons. The molecule has 4 heteroatoms. The van der Waals surface area contributed by atoms with Crippen molar-refractivity contribution in [2.24, 2.45) is 0 Å². The highest BCUT2D eigenvalue weighted by Crippen LogP contribution is 2.19. The Morgan fingerprint density at radius 3 is 2.67 bits per heavy atom. The number of hydrogen-bond acceptors (Lipinski definition) is 3. The van der Waals surface area contributed by atoms with Crippen LogP contribution in [0, 0.1) is 0 Å². The summed E-state index contributed by atoms with van der Waals surface area (Å²) in [5.41, 5.74) is 3.04. The third-order valence-corrected chi connectivity index (χ3v) is 3.78. The van der Waals surface area contributed by atoms with Crippen LogP contribution >= 0.6 is 0 Å². The number of aromatic nitrogens is 3. The summed E-state index contributed by atoms with van der Waals surface area (Å²) >= 11 is 0. The summed E-state index contributed by atoms with van der Waals surface area (Å²) in [5.74, 6) is 0. The molecule has 0 aliphatic carbocycles. The first-order valence-corrected chi connectivity index (χ1v) is 7.99. The topological polar surface area (TPSA) is 53.6 Å². The zero-order valence-corrected chi connectivity index (χ0v) is 13.1. The maximum absolute atomic E-state index is 4.28. The van der Waals surface area contributed by atoms with Gasteiger partial charge in [0.15, 0.2) is 0 Å². The molecule has 2 N–H and O–H groups in total. The van der Waals surface area contributed by atoms with E-state index in [0.717, 1.165) is 23.5 Å². The van der Waals surface area contributed by atoms with Gasteiger partial charge in [-0.3, -0.25) is 0 Å². The number of rotatable bonds is 9. The van der Waals surface area contributed by atoms with Gasteiger partial charge in [0.05, 0.1) is 0 Å². The lowest BCUT2D eigenvalue weighted by Crippen LogP contribution is -2.25. The van der Waals surface area contributed by atoms with Gasteiger partial charge in [0.2, 0.25) is 0 Å². The molecule has 1 aromatic heterocycles. The van der Waals surface area contributed by atoms with Crippen molar-refractivity contribution in [3.8, 4) is 11.3 Å². The molecule has 2 rings (SSSR count). The number of hydrogen-bond donors (Lipinski definition) is 2. The average Bonchev–Trinajstić information content (AvgIpc) is 2.99. The molecular formula is C17H26N4. The quantitative estimate of drug-likeness (QED) is 0.687. The SMILES string of the molecule is CCCCCCC(C)NCc1n[nH]nc1-c1ccccc1. The number of unbranched alkanes of at least 4 members (excludes halogenated alkanes) is 3. The van der Waals surface area contributed by atoms with Gasteiger partial charge in [-0.1, -0.05) is 62.9 Å². The van der Waals surface area contributed by atoms with Crippen LogP contribution in [0.1, 0.15) is 51.6 Å². The predicted molar refractivity (Wildman–Crippen MR) is 86.9 cm³/mol. The number of benzene rings is 1. The second kappa shape index (κ2) is 8.57. The fourth-order valence-corrected chi connectivity index (χ4v) is 2.45. The molecule has 1 atom stereocenters. The van der Waals surface area contributed by atoms with Crippen LogP contribution in [0.4, 0.5) is 0 Å². The van der Waals surface area contributed by atoms with E-state index in [1.165, 1.54) is 32.1 Å². The van der Waals surface area contributed by atoms with Crippen LogP contribution in [0.15, 0.2) is 30.3 Å². The molecule has 21 heavy (non-hydrogen) atoms. The molecule has 114 valence electrons. The van der Waals surface area contributed by atoms with Crippen molar-refractivity contribution in [1.29, 1.82) is 0 Å². The second-order valence-corrected chi connectivity index (χ2v) is 5.62. The molecule has 0 spiro atoms. The van der Waals surface area contributed by atoms with Crippen LogP contribution in [-0.4, -0.2) is 21.5 Å². The summed E-state index contributed by atoms with van der Waals surface area (Å²) in [7, 11) is 0. The van der Waals surface area contributed by atoms with E-state index in [0.29, 0.717) is 6.04 Å². The monoisotopic (exact) mass is 286 g/mol. The molecule has 1 heterocycles. The van der Waals surface area contributed by atoms with E-state index >= 15 is 0 Å². The summed E-state index contributed by atoms with van der Waals surface area (Å²) in [5, 5.41) is 14.8. The first-order chi connectivity index (χ1) is 10.3. The van der Waals surface area contributed by atoms with Gasteiger partial charge in [0.1, 0.15) is 11.4 Å². The summed E-state index contributed by atoms with van der Waals surface area (Å²) in [4.78, 5) is 0. The summed E-state index contributed by atoms with van der Waals surface area (Å²) in [6.07, 6.45) is 6.49. The lowest BCUT2D eigenvalue weighted by Gasteiger charge is -2.13. The Morgan fingerprint density at radius 2 is 1.90 bits per heavy atom. The Bertz CT molecular complexity index is 507. The fraction of sp³-hybridized carbons (Fsp3) is 0.529. The van der Waals surface area contributed by atoms with Gasteiger partial charge in [-0.05, 0) is 13.3 Å². The first-order valence-electron chi connectivity index (χ1n) is 7.99. The third kappa shape index (κ3) is 4.97. The number of aromatic amines is 1. The zero-order valence-electron chi connectivity index (χ0n) is 13.1. The Kier molecular flexibility index (Phi) is 6.41. The maximum atomic E-state index is 4.28. The minimum Gasteiger partial charge on any atom is -0.309 e. The normalized spacial score (nSPS) is 12.5. The van der Waals surface area contributed by atoms with E-state index in [1.807, 2.05) is 18.2 Å². The van der Waals surface area contributed by atoms with Crippen LogP contribution in [-0.2, 0) is 6.54 Å². The van der Waals surface area contributed by atoms with Gasteiger partial charge < -0.3 is 5.32 Å². The Hall–Kier alpha value is -1.68. The number of nitrogens with zero attached hydrogens (tertiary/aromatic N) is 2. The minimum absolute atomic E-state index is 0.516. The van der Waals surface area contributed by atoms with Gasteiger partial charge in [0, 0.05) is 18.2 Å². The molecule has 0 saturated carbocycles. The second-order valence-electron chi connectivity index (χ2n) is 5.62. The van der Waals surface area contributed by atoms with Crippen LogP contribution in [0.25, 0.3) is 11.3 Å². The lowest BCUT2D eigenvalue weighted by molar-refractivity contribution is 0.480. The van der Waals surface area contributed by atoms with Gasteiger partial charge in [-0.2, -0.15) is 15.4 Å². The van der Waals surface area contributed by atoms with Gasteiger partial charge in [0.25, 0.3) is 0 Å². The summed E-state index contributed by atoms with van der Waals surface area (Å²) in [6.45, 7) is 5.25. The molecule has 1 aromatic carbocycles. The van der Waals surface area contributed by atoms with Crippen molar-refractivity contribution in [3.05, 3.63) is 36.0 Å². The molecule has 0 aliphatic heterocycles. The van der Waals surface area contributed by atoms with Crippen LogP contribution in [0.2, 0.25) is 0 Å². The van der Waals surface area contributed by atoms with Crippen LogP contribution in [0.3, 0.4) is 0 Å². The van der Waals surface area contributed by atoms with Crippen LogP contribution < -0.4 is 5.32 Å². The van der Waals surface area contributed by atoms with Crippen molar-refractivity contribution < 1.29 is 0 Å². The molecular weight excluding hydrogens is 260 g/mol. The first kappa shape index (κ1) is 15.7. The average molecular weight is 286 g/mol. The molecule has 2 aromatic rings. The van der Waals surface area contributed by atoms with Gasteiger partial charge in [-0.15, -0.1) is 0 Å². The highest BCUT2D eigenvalue weighted by atomic mass is 15.3. The molecule has 0 bridgehead atoms. The van der Waals surface area contributed by atoms with Crippen molar-refractivity contribution in [3.63, 3.8) is 0 Å². The standard InChI is InChI=1S/C17H26N4/c1-3-4-5-7-10-14(2)18-13-16-17(20-21-19-16)15-11-8-6-9-12-15/h6,8-9,11-12,14,18H,3-5,7,10,13H2,1-2H3,(H,19,20,21). The number of H-pyrrole nitrogens is 1.